The Morgan fingerprint density at radius 3 is 2.11 bits per heavy atom. The van der Waals surface area contributed by atoms with Gasteiger partial charge in [-0.05, 0) is 31.0 Å². The third-order valence-corrected chi connectivity index (χ3v) is 4.64. The Hall–Kier alpha value is -3.15. The Morgan fingerprint density at radius 1 is 0.926 bits per heavy atom. The fraction of sp³-hybridized carbons (Fsp3) is 0.286. The van der Waals surface area contributed by atoms with Crippen LogP contribution in [0, 0.1) is 0 Å². The number of carbonyl (C=O) groups excluding carboxylic acids is 1. The van der Waals surface area contributed by atoms with Crippen LogP contribution in [-0.4, -0.2) is 21.1 Å². The van der Waals surface area contributed by atoms with Crippen LogP contribution in [0.25, 0.3) is 11.0 Å². The molecule has 0 saturated heterocycles. The van der Waals surface area contributed by atoms with Gasteiger partial charge < -0.3 is 5.32 Å². The van der Waals surface area contributed by atoms with E-state index in [-0.39, 0.29) is 18.5 Å². The number of aromatic nitrogens is 2. The van der Waals surface area contributed by atoms with Gasteiger partial charge in [0.15, 0.2) is 0 Å². The molecule has 1 atom stereocenters. The van der Waals surface area contributed by atoms with Gasteiger partial charge in [-0.3, -0.25) is 23.5 Å². The van der Waals surface area contributed by atoms with Gasteiger partial charge in [0, 0.05) is 6.04 Å². The number of nitrogens with zero attached hydrogens (tertiary/aromatic N) is 2. The summed E-state index contributed by atoms with van der Waals surface area (Å²) in [4.78, 5) is 37.8. The molecule has 0 unspecified atom stereocenters. The Balaban J connectivity index is 2.08. The van der Waals surface area contributed by atoms with Gasteiger partial charge in [-0.2, -0.15) is 0 Å². The standard InChI is InChI=1S/C21H23N3O3/c1-3-15(2)22-19(25)14-24-18-12-8-7-11-17(18)23(20(26)21(24)27)13-16-9-5-4-6-10-16/h4-12,15H,3,13-14H2,1-2H3,(H,22,25)/t15-/m1/s1. The lowest BCUT2D eigenvalue weighted by molar-refractivity contribution is -0.122. The Kier molecular flexibility index (Phi) is 5.54. The fourth-order valence-electron chi connectivity index (χ4n) is 3.02. The van der Waals surface area contributed by atoms with Crippen molar-refractivity contribution in [1.82, 2.24) is 14.5 Å². The third kappa shape index (κ3) is 4.00. The minimum absolute atomic E-state index is 0.0120. The number of hydrogen-bond acceptors (Lipinski definition) is 3. The van der Waals surface area contributed by atoms with Crippen LogP contribution in [0.2, 0.25) is 0 Å². The van der Waals surface area contributed by atoms with E-state index in [1.807, 2.05) is 50.2 Å². The zero-order valence-electron chi connectivity index (χ0n) is 15.5. The molecule has 1 heterocycles. The summed E-state index contributed by atoms with van der Waals surface area (Å²) >= 11 is 0. The second-order valence-corrected chi connectivity index (χ2v) is 6.63. The molecule has 0 aliphatic carbocycles. The van der Waals surface area contributed by atoms with Crippen molar-refractivity contribution in [2.75, 3.05) is 0 Å². The van der Waals surface area contributed by atoms with Crippen molar-refractivity contribution < 1.29 is 4.79 Å². The van der Waals surface area contributed by atoms with E-state index in [2.05, 4.69) is 5.32 Å². The van der Waals surface area contributed by atoms with Crippen molar-refractivity contribution in [3.63, 3.8) is 0 Å². The maximum absolute atomic E-state index is 12.8. The molecular weight excluding hydrogens is 342 g/mol. The van der Waals surface area contributed by atoms with E-state index in [1.165, 1.54) is 9.13 Å². The van der Waals surface area contributed by atoms with Crippen LogP contribution in [-0.2, 0) is 17.9 Å². The summed E-state index contributed by atoms with van der Waals surface area (Å²) in [7, 11) is 0. The predicted molar refractivity (Wildman–Crippen MR) is 106 cm³/mol. The first-order valence-electron chi connectivity index (χ1n) is 9.07. The van der Waals surface area contributed by atoms with E-state index in [9.17, 15) is 14.4 Å². The second-order valence-electron chi connectivity index (χ2n) is 6.63. The van der Waals surface area contributed by atoms with Crippen LogP contribution in [0.15, 0.2) is 64.2 Å². The van der Waals surface area contributed by atoms with Gasteiger partial charge in [0.25, 0.3) is 0 Å². The van der Waals surface area contributed by atoms with Crippen molar-refractivity contribution >= 4 is 16.9 Å². The summed E-state index contributed by atoms with van der Waals surface area (Å²) in [5.41, 5.74) is 0.800. The number of benzene rings is 2. The second kappa shape index (κ2) is 8.03. The minimum atomic E-state index is -0.691. The van der Waals surface area contributed by atoms with Crippen LogP contribution in [0.4, 0.5) is 0 Å². The Bertz CT molecular complexity index is 1070. The normalized spacial score (nSPS) is 12.1. The molecule has 1 N–H and O–H groups in total. The van der Waals surface area contributed by atoms with E-state index < -0.39 is 11.1 Å². The molecule has 0 spiro atoms. The van der Waals surface area contributed by atoms with Crippen molar-refractivity contribution in [3.8, 4) is 0 Å². The fourth-order valence-corrected chi connectivity index (χ4v) is 3.02. The van der Waals surface area contributed by atoms with Crippen molar-refractivity contribution in [1.29, 1.82) is 0 Å². The van der Waals surface area contributed by atoms with Crippen LogP contribution in [0.3, 0.4) is 0 Å². The van der Waals surface area contributed by atoms with Gasteiger partial charge in [0.2, 0.25) is 5.91 Å². The quantitative estimate of drug-likeness (QED) is 0.680. The van der Waals surface area contributed by atoms with Crippen molar-refractivity contribution in [2.24, 2.45) is 0 Å². The Labute approximate surface area is 157 Å². The Morgan fingerprint density at radius 2 is 1.48 bits per heavy atom. The van der Waals surface area contributed by atoms with Crippen LogP contribution in [0.5, 0.6) is 0 Å². The number of carbonyl (C=O) groups is 1. The van der Waals surface area contributed by atoms with Gasteiger partial charge in [-0.15, -0.1) is 0 Å². The molecule has 3 aromatic rings. The highest BCUT2D eigenvalue weighted by atomic mass is 16.2. The van der Waals surface area contributed by atoms with Crippen LogP contribution in [0.1, 0.15) is 25.8 Å². The third-order valence-electron chi connectivity index (χ3n) is 4.64. The van der Waals surface area contributed by atoms with Gasteiger partial charge in [-0.1, -0.05) is 49.4 Å². The molecule has 6 heteroatoms. The molecule has 0 aliphatic rings. The lowest BCUT2D eigenvalue weighted by atomic mass is 10.2. The monoisotopic (exact) mass is 365 g/mol. The predicted octanol–water partition coefficient (Wildman–Crippen LogP) is 2.13. The van der Waals surface area contributed by atoms with Crippen LogP contribution >= 0.6 is 0 Å². The molecule has 0 radical (unpaired) electrons. The van der Waals surface area contributed by atoms with Crippen molar-refractivity contribution in [3.05, 3.63) is 80.9 Å². The zero-order valence-corrected chi connectivity index (χ0v) is 15.5. The summed E-state index contributed by atoms with van der Waals surface area (Å²) < 4.78 is 2.73. The number of para-hydroxylation sites is 2. The van der Waals surface area contributed by atoms with Gasteiger partial charge >= 0.3 is 11.1 Å². The number of rotatable bonds is 6. The van der Waals surface area contributed by atoms with E-state index >= 15 is 0 Å². The lowest BCUT2D eigenvalue weighted by Crippen LogP contribution is -2.45. The number of fused-ring (bicyclic) bond motifs is 1. The summed E-state index contributed by atoms with van der Waals surface area (Å²) in [6, 6.07) is 16.7. The van der Waals surface area contributed by atoms with E-state index in [0.29, 0.717) is 17.6 Å². The molecule has 6 nitrogen and oxygen atoms in total. The largest absolute Gasteiger partial charge is 0.352 e. The molecule has 1 aromatic heterocycles. The average molecular weight is 365 g/mol. The van der Waals surface area contributed by atoms with E-state index in [0.717, 1.165) is 12.0 Å². The minimum Gasteiger partial charge on any atom is -0.352 e. The molecule has 27 heavy (non-hydrogen) atoms. The topological polar surface area (TPSA) is 73.1 Å². The highest BCUT2D eigenvalue weighted by molar-refractivity contribution is 5.80. The SMILES string of the molecule is CC[C@@H](C)NC(=O)Cn1c(=O)c(=O)n(Cc2ccccc2)c2ccccc21. The molecule has 140 valence electrons. The van der Waals surface area contributed by atoms with Crippen molar-refractivity contribution in [2.45, 2.75) is 39.4 Å². The van der Waals surface area contributed by atoms with E-state index in [4.69, 9.17) is 0 Å². The molecule has 1 amide bonds. The highest BCUT2D eigenvalue weighted by Crippen LogP contribution is 2.12. The molecule has 0 bridgehead atoms. The summed E-state index contributed by atoms with van der Waals surface area (Å²) in [5.74, 6) is -0.281. The number of hydrogen-bond donors (Lipinski definition) is 1. The molecule has 3 rings (SSSR count). The van der Waals surface area contributed by atoms with Crippen LogP contribution < -0.4 is 16.4 Å². The lowest BCUT2D eigenvalue weighted by Gasteiger charge is -2.16. The summed E-state index contributed by atoms with van der Waals surface area (Å²) in [6.07, 6.45) is 0.792. The number of nitrogens with one attached hydrogen (secondary N) is 1. The number of amides is 1. The zero-order chi connectivity index (χ0) is 19.4. The molecular formula is C21H23N3O3. The smallest absolute Gasteiger partial charge is 0.317 e. The first-order valence-corrected chi connectivity index (χ1v) is 9.07. The summed E-state index contributed by atoms with van der Waals surface area (Å²) in [5, 5.41) is 2.84. The maximum atomic E-state index is 12.8. The molecule has 0 saturated carbocycles. The molecule has 0 fully saturated rings. The maximum Gasteiger partial charge on any atom is 0.317 e. The first kappa shape index (κ1) is 18.6. The van der Waals surface area contributed by atoms with Gasteiger partial charge in [-0.25, -0.2) is 0 Å². The summed E-state index contributed by atoms with van der Waals surface area (Å²) in [6.45, 7) is 3.99. The van der Waals surface area contributed by atoms with Gasteiger partial charge in [0.1, 0.15) is 6.54 Å². The van der Waals surface area contributed by atoms with E-state index in [1.54, 1.807) is 18.2 Å². The highest BCUT2D eigenvalue weighted by Gasteiger charge is 2.16. The first-order chi connectivity index (χ1) is 13.0. The molecule has 0 aliphatic heterocycles. The van der Waals surface area contributed by atoms with Gasteiger partial charge in [0.05, 0.1) is 17.6 Å². The molecule has 2 aromatic carbocycles. The average Bonchev–Trinajstić information content (AvgIpc) is 2.69.